The summed E-state index contributed by atoms with van der Waals surface area (Å²) in [6.07, 6.45) is 1.78. The Bertz CT molecular complexity index is 855. The molecule has 1 N–H and O–H groups in total. The van der Waals surface area contributed by atoms with Crippen molar-refractivity contribution in [1.82, 2.24) is 25.0 Å². The molecule has 3 rings (SSSR count). The number of rotatable bonds is 3. The molecule has 0 bridgehead atoms. The second-order valence-electron chi connectivity index (χ2n) is 7.47. The van der Waals surface area contributed by atoms with Gasteiger partial charge < -0.3 is 10.2 Å². The summed E-state index contributed by atoms with van der Waals surface area (Å²) >= 11 is 0. The Hall–Kier alpha value is -2.44. The van der Waals surface area contributed by atoms with E-state index in [4.69, 9.17) is 0 Å². The first-order valence-corrected chi connectivity index (χ1v) is 9.18. The average molecular weight is 357 g/mol. The quantitative estimate of drug-likeness (QED) is 0.911. The Morgan fingerprint density at radius 1 is 1.31 bits per heavy atom. The molecule has 3 heterocycles. The van der Waals surface area contributed by atoms with Crippen LogP contribution in [-0.4, -0.2) is 50.6 Å². The van der Waals surface area contributed by atoms with Crippen LogP contribution in [0.25, 0.3) is 11.0 Å². The molecule has 26 heavy (non-hydrogen) atoms. The standard InChI is InChI=1S/C19H27N5O2/c1-11(2)18(25)21-14-7-6-8-24(10-14)19(26)15-9-12(3)20-17-16(15)13(4)22-23(17)5/h9,11,14H,6-8,10H2,1-5H3,(H,21,25)/t14-/m1/s1. The Labute approximate surface area is 153 Å². The van der Waals surface area contributed by atoms with Crippen LogP contribution in [0.3, 0.4) is 0 Å². The molecule has 1 aliphatic heterocycles. The van der Waals surface area contributed by atoms with E-state index in [2.05, 4.69) is 15.4 Å². The van der Waals surface area contributed by atoms with Gasteiger partial charge in [-0.15, -0.1) is 0 Å². The van der Waals surface area contributed by atoms with Crippen molar-refractivity contribution in [3.05, 3.63) is 23.0 Å². The third-order valence-electron chi connectivity index (χ3n) is 4.91. The fourth-order valence-electron chi connectivity index (χ4n) is 3.56. The smallest absolute Gasteiger partial charge is 0.254 e. The lowest BCUT2D eigenvalue weighted by Crippen LogP contribution is -2.50. The first-order chi connectivity index (χ1) is 12.3. The molecule has 0 saturated carbocycles. The Kier molecular flexibility index (Phi) is 4.98. The molecule has 0 aromatic carbocycles. The number of nitrogens with zero attached hydrogens (tertiary/aromatic N) is 4. The van der Waals surface area contributed by atoms with E-state index in [9.17, 15) is 9.59 Å². The van der Waals surface area contributed by atoms with Gasteiger partial charge in [-0.3, -0.25) is 14.3 Å². The number of piperidine rings is 1. The summed E-state index contributed by atoms with van der Waals surface area (Å²) in [6.45, 7) is 8.79. The van der Waals surface area contributed by atoms with Crippen LogP contribution >= 0.6 is 0 Å². The lowest BCUT2D eigenvalue weighted by atomic mass is 10.0. The van der Waals surface area contributed by atoms with Gasteiger partial charge in [0.1, 0.15) is 0 Å². The van der Waals surface area contributed by atoms with Gasteiger partial charge >= 0.3 is 0 Å². The maximum Gasteiger partial charge on any atom is 0.254 e. The molecule has 1 fully saturated rings. The first kappa shape index (κ1) is 18.4. The van der Waals surface area contributed by atoms with Gasteiger partial charge in [-0.2, -0.15) is 5.10 Å². The van der Waals surface area contributed by atoms with Crippen LogP contribution in [0.15, 0.2) is 6.07 Å². The van der Waals surface area contributed by atoms with Crippen molar-refractivity contribution in [3.8, 4) is 0 Å². The minimum atomic E-state index is -0.0541. The molecule has 0 radical (unpaired) electrons. The van der Waals surface area contributed by atoms with Crippen LogP contribution in [0.5, 0.6) is 0 Å². The van der Waals surface area contributed by atoms with Crippen molar-refractivity contribution in [2.75, 3.05) is 13.1 Å². The SMILES string of the molecule is Cc1cc(C(=O)N2CCC[C@@H](NC(=O)C(C)C)C2)c2c(C)nn(C)c2n1. The van der Waals surface area contributed by atoms with E-state index in [1.54, 1.807) is 4.68 Å². The van der Waals surface area contributed by atoms with Gasteiger partial charge in [0.25, 0.3) is 5.91 Å². The molecule has 1 atom stereocenters. The number of aryl methyl sites for hydroxylation is 3. The zero-order valence-electron chi connectivity index (χ0n) is 16.2. The number of amides is 2. The van der Waals surface area contributed by atoms with E-state index in [0.717, 1.165) is 35.3 Å². The summed E-state index contributed by atoms with van der Waals surface area (Å²) in [5, 5.41) is 8.29. The number of fused-ring (bicyclic) bond motifs is 1. The highest BCUT2D eigenvalue weighted by Gasteiger charge is 2.28. The minimum absolute atomic E-state index is 0.0102. The number of nitrogens with one attached hydrogen (secondary N) is 1. The fourth-order valence-corrected chi connectivity index (χ4v) is 3.56. The van der Waals surface area contributed by atoms with Crippen molar-refractivity contribution in [1.29, 1.82) is 0 Å². The zero-order chi connectivity index (χ0) is 19.0. The highest BCUT2D eigenvalue weighted by Crippen LogP contribution is 2.24. The molecule has 140 valence electrons. The third kappa shape index (κ3) is 3.43. The van der Waals surface area contributed by atoms with E-state index >= 15 is 0 Å². The Morgan fingerprint density at radius 3 is 2.73 bits per heavy atom. The number of hydrogen-bond acceptors (Lipinski definition) is 4. The monoisotopic (exact) mass is 357 g/mol. The van der Waals surface area contributed by atoms with Crippen LogP contribution in [-0.2, 0) is 11.8 Å². The molecular weight excluding hydrogens is 330 g/mol. The molecule has 2 aromatic heterocycles. The van der Waals surface area contributed by atoms with Crippen LogP contribution < -0.4 is 5.32 Å². The zero-order valence-corrected chi connectivity index (χ0v) is 16.2. The lowest BCUT2D eigenvalue weighted by molar-refractivity contribution is -0.125. The number of hydrogen-bond donors (Lipinski definition) is 1. The summed E-state index contributed by atoms with van der Waals surface area (Å²) in [5.74, 6) is -0.0313. The molecule has 7 nitrogen and oxygen atoms in total. The molecule has 0 unspecified atom stereocenters. The summed E-state index contributed by atoms with van der Waals surface area (Å²) in [4.78, 5) is 31.6. The number of carbonyl (C=O) groups is 2. The van der Waals surface area contributed by atoms with Crippen molar-refractivity contribution in [3.63, 3.8) is 0 Å². The number of aromatic nitrogens is 3. The third-order valence-corrected chi connectivity index (χ3v) is 4.91. The maximum absolute atomic E-state index is 13.2. The molecule has 7 heteroatoms. The topological polar surface area (TPSA) is 80.1 Å². The van der Waals surface area contributed by atoms with E-state index < -0.39 is 0 Å². The van der Waals surface area contributed by atoms with E-state index in [-0.39, 0.29) is 23.8 Å². The van der Waals surface area contributed by atoms with Crippen molar-refractivity contribution in [2.24, 2.45) is 13.0 Å². The van der Waals surface area contributed by atoms with Crippen molar-refractivity contribution in [2.45, 2.75) is 46.6 Å². The largest absolute Gasteiger partial charge is 0.351 e. The Morgan fingerprint density at radius 2 is 2.04 bits per heavy atom. The van der Waals surface area contributed by atoms with Crippen LogP contribution in [0.4, 0.5) is 0 Å². The summed E-state index contributed by atoms with van der Waals surface area (Å²) in [5.41, 5.74) is 2.98. The maximum atomic E-state index is 13.2. The normalized spacial score (nSPS) is 17.8. The predicted molar refractivity (Wildman–Crippen MR) is 99.9 cm³/mol. The molecule has 2 aromatic rings. The molecule has 2 amide bonds. The molecule has 0 spiro atoms. The first-order valence-electron chi connectivity index (χ1n) is 9.18. The molecule has 1 aliphatic rings. The van der Waals surface area contributed by atoms with Crippen LogP contribution in [0.2, 0.25) is 0 Å². The number of carbonyl (C=O) groups excluding carboxylic acids is 2. The van der Waals surface area contributed by atoms with E-state index in [1.165, 1.54) is 0 Å². The number of pyridine rings is 1. The van der Waals surface area contributed by atoms with E-state index in [0.29, 0.717) is 18.7 Å². The van der Waals surface area contributed by atoms with Crippen molar-refractivity contribution >= 4 is 22.8 Å². The Balaban J connectivity index is 1.87. The molecule has 0 aliphatic carbocycles. The van der Waals surface area contributed by atoms with Gasteiger partial charge in [0.2, 0.25) is 5.91 Å². The molecule has 1 saturated heterocycles. The fraction of sp³-hybridized carbons (Fsp3) is 0.579. The lowest BCUT2D eigenvalue weighted by Gasteiger charge is -2.33. The van der Waals surface area contributed by atoms with Gasteiger partial charge in [0.15, 0.2) is 5.65 Å². The second kappa shape index (κ2) is 7.05. The van der Waals surface area contributed by atoms with Gasteiger partial charge in [-0.1, -0.05) is 13.8 Å². The highest BCUT2D eigenvalue weighted by atomic mass is 16.2. The van der Waals surface area contributed by atoms with Crippen LogP contribution in [0, 0.1) is 19.8 Å². The summed E-state index contributed by atoms with van der Waals surface area (Å²) in [7, 11) is 1.84. The predicted octanol–water partition coefficient (Wildman–Crippen LogP) is 1.96. The van der Waals surface area contributed by atoms with Crippen molar-refractivity contribution < 1.29 is 9.59 Å². The molecular formula is C19H27N5O2. The van der Waals surface area contributed by atoms with E-state index in [1.807, 2.05) is 45.7 Å². The highest BCUT2D eigenvalue weighted by molar-refractivity contribution is 6.06. The van der Waals surface area contributed by atoms with Gasteiger partial charge in [0, 0.05) is 37.8 Å². The van der Waals surface area contributed by atoms with Gasteiger partial charge in [-0.25, -0.2) is 4.98 Å². The van der Waals surface area contributed by atoms with Gasteiger partial charge in [0.05, 0.1) is 16.6 Å². The average Bonchev–Trinajstić information content (AvgIpc) is 2.87. The minimum Gasteiger partial charge on any atom is -0.351 e. The summed E-state index contributed by atoms with van der Waals surface area (Å²) < 4.78 is 1.72. The summed E-state index contributed by atoms with van der Waals surface area (Å²) in [6, 6.07) is 1.85. The number of likely N-dealkylation sites (tertiary alicyclic amines) is 1. The second-order valence-corrected chi connectivity index (χ2v) is 7.47. The van der Waals surface area contributed by atoms with Gasteiger partial charge in [-0.05, 0) is 32.8 Å². The van der Waals surface area contributed by atoms with Crippen LogP contribution in [0.1, 0.15) is 48.4 Å².